The summed E-state index contributed by atoms with van der Waals surface area (Å²) in [6.07, 6.45) is 1.70. The smallest absolute Gasteiger partial charge is 0.268 e. The molecular formula is C24H33Cl2N3O3S. The van der Waals surface area contributed by atoms with E-state index in [-0.39, 0.29) is 24.8 Å². The number of aryl methyl sites for hydroxylation is 2. The van der Waals surface area contributed by atoms with Gasteiger partial charge in [0.25, 0.3) is 10.0 Å². The lowest BCUT2D eigenvalue weighted by Gasteiger charge is -2.34. The summed E-state index contributed by atoms with van der Waals surface area (Å²) in [5.74, 6) is 0.714. The molecule has 0 N–H and O–H groups in total. The topological polar surface area (TPSA) is 54.8 Å². The van der Waals surface area contributed by atoms with Gasteiger partial charge in [0.05, 0.1) is 17.5 Å². The van der Waals surface area contributed by atoms with Gasteiger partial charge in [0, 0.05) is 44.3 Å². The first-order valence-electron chi connectivity index (χ1n) is 10.8. The van der Waals surface area contributed by atoms with Crippen molar-refractivity contribution >= 4 is 45.7 Å². The minimum atomic E-state index is -3.71. The molecule has 2 aromatic carbocycles. The summed E-state index contributed by atoms with van der Waals surface area (Å²) in [7, 11) is -2.10. The average Bonchev–Trinajstić information content (AvgIpc) is 3.12. The molecule has 4 rings (SSSR count). The molecule has 2 heterocycles. The monoisotopic (exact) mass is 513 g/mol. The maximum Gasteiger partial charge on any atom is 0.268 e. The van der Waals surface area contributed by atoms with Crippen LogP contribution in [0.15, 0.2) is 47.5 Å². The molecule has 0 saturated carbocycles. The zero-order valence-electron chi connectivity index (χ0n) is 19.6. The highest BCUT2D eigenvalue weighted by Gasteiger charge is 2.23. The van der Waals surface area contributed by atoms with E-state index in [0.717, 1.165) is 61.3 Å². The van der Waals surface area contributed by atoms with Gasteiger partial charge in [0.1, 0.15) is 5.75 Å². The van der Waals surface area contributed by atoms with Gasteiger partial charge >= 0.3 is 0 Å². The molecule has 0 aliphatic carbocycles. The highest BCUT2D eigenvalue weighted by Crippen LogP contribution is 2.29. The van der Waals surface area contributed by atoms with Crippen molar-refractivity contribution in [3.05, 3.63) is 59.3 Å². The van der Waals surface area contributed by atoms with Crippen LogP contribution in [-0.2, 0) is 16.6 Å². The molecule has 182 valence electrons. The van der Waals surface area contributed by atoms with Crippen LogP contribution in [0.25, 0.3) is 10.9 Å². The van der Waals surface area contributed by atoms with Crippen LogP contribution in [0.1, 0.15) is 23.6 Å². The van der Waals surface area contributed by atoms with Crippen LogP contribution >= 0.6 is 24.8 Å². The van der Waals surface area contributed by atoms with Gasteiger partial charge in [-0.2, -0.15) is 0 Å². The van der Waals surface area contributed by atoms with Crippen LogP contribution in [0.3, 0.4) is 0 Å². The van der Waals surface area contributed by atoms with Crippen molar-refractivity contribution < 1.29 is 13.2 Å². The van der Waals surface area contributed by atoms with Gasteiger partial charge in [-0.3, -0.25) is 4.90 Å². The summed E-state index contributed by atoms with van der Waals surface area (Å²) in [4.78, 5) is 5.18. The minimum Gasteiger partial charge on any atom is -0.497 e. The Morgan fingerprint density at radius 2 is 1.58 bits per heavy atom. The largest absolute Gasteiger partial charge is 0.497 e. The fourth-order valence-electron chi connectivity index (χ4n) is 4.26. The maximum absolute atomic E-state index is 13.6. The average molecular weight is 515 g/mol. The van der Waals surface area contributed by atoms with Crippen LogP contribution in [0.5, 0.6) is 5.75 Å². The van der Waals surface area contributed by atoms with E-state index in [1.165, 1.54) is 3.97 Å². The number of methoxy groups -OCH3 is 1. The Balaban J connectivity index is 0.00000193. The normalized spacial score (nSPS) is 15.2. The SMILES string of the molecule is CCN1CCN(Cc2cc(S(=O)(=O)n3cc(C)c4cc(OC)ccc43)ccc2C)CC1.Cl.Cl. The predicted molar refractivity (Wildman–Crippen MR) is 139 cm³/mol. The molecule has 0 spiro atoms. The molecule has 1 aliphatic rings. The zero-order chi connectivity index (χ0) is 22.2. The van der Waals surface area contributed by atoms with Crippen molar-refractivity contribution in [3.8, 4) is 5.75 Å². The number of rotatable bonds is 6. The standard InChI is InChI=1S/C24H31N3O3S.2ClH/c1-5-25-10-12-26(13-11-25)17-20-14-22(8-6-18(20)2)31(28,29)27-16-19(3)23-15-21(30-4)7-9-24(23)27;;/h6-9,14-16H,5,10-13,17H2,1-4H3;2*1H. The molecule has 0 bridgehead atoms. The van der Waals surface area contributed by atoms with Crippen molar-refractivity contribution in [2.45, 2.75) is 32.2 Å². The predicted octanol–water partition coefficient (Wildman–Crippen LogP) is 4.48. The van der Waals surface area contributed by atoms with E-state index in [9.17, 15) is 8.42 Å². The van der Waals surface area contributed by atoms with E-state index in [0.29, 0.717) is 16.2 Å². The first kappa shape index (κ1) is 27.5. The Hall–Kier alpha value is -1.77. The van der Waals surface area contributed by atoms with Crippen molar-refractivity contribution in [1.29, 1.82) is 0 Å². The van der Waals surface area contributed by atoms with Crippen molar-refractivity contribution in [2.75, 3.05) is 39.8 Å². The Morgan fingerprint density at radius 3 is 2.21 bits per heavy atom. The molecule has 1 fully saturated rings. The van der Waals surface area contributed by atoms with Crippen LogP contribution in [0.2, 0.25) is 0 Å². The molecule has 1 saturated heterocycles. The lowest BCUT2D eigenvalue weighted by molar-refractivity contribution is 0.131. The molecule has 9 heteroatoms. The van der Waals surface area contributed by atoms with Crippen LogP contribution < -0.4 is 4.74 Å². The Kier molecular flexibility index (Phi) is 9.24. The van der Waals surface area contributed by atoms with Crippen LogP contribution in [0.4, 0.5) is 0 Å². The highest BCUT2D eigenvalue weighted by molar-refractivity contribution is 7.90. The van der Waals surface area contributed by atoms with E-state index >= 15 is 0 Å². The molecule has 3 aromatic rings. The number of fused-ring (bicyclic) bond motifs is 1. The highest BCUT2D eigenvalue weighted by atomic mass is 35.5. The van der Waals surface area contributed by atoms with Crippen LogP contribution in [0, 0.1) is 13.8 Å². The van der Waals surface area contributed by atoms with Crippen molar-refractivity contribution in [1.82, 2.24) is 13.8 Å². The number of aromatic nitrogens is 1. The molecular weight excluding hydrogens is 481 g/mol. The summed E-state index contributed by atoms with van der Waals surface area (Å²) in [6, 6.07) is 11.0. The number of likely N-dealkylation sites (N-methyl/N-ethyl adjacent to an activating group) is 1. The third kappa shape index (κ3) is 5.49. The first-order valence-corrected chi connectivity index (χ1v) is 12.2. The van der Waals surface area contributed by atoms with E-state index in [2.05, 4.69) is 23.6 Å². The second-order valence-electron chi connectivity index (χ2n) is 8.29. The molecule has 0 unspecified atom stereocenters. The van der Waals surface area contributed by atoms with Crippen molar-refractivity contribution in [2.24, 2.45) is 0 Å². The zero-order valence-corrected chi connectivity index (χ0v) is 22.0. The summed E-state index contributed by atoms with van der Waals surface area (Å²) >= 11 is 0. The molecule has 33 heavy (non-hydrogen) atoms. The number of hydrogen-bond donors (Lipinski definition) is 0. The molecule has 6 nitrogen and oxygen atoms in total. The summed E-state index contributed by atoms with van der Waals surface area (Å²) in [5.41, 5.74) is 3.76. The van der Waals surface area contributed by atoms with Crippen molar-refractivity contribution in [3.63, 3.8) is 0 Å². The number of halogens is 2. The Labute approximate surface area is 209 Å². The van der Waals surface area contributed by atoms with Crippen LogP contribution in [-0.4, -0.2) is 62.0 Å². The Morgan fingerprint density at radius 1 is 0.909 bits per heavy atom. The third-order valence-electron chi connectivity index (χ3n) is 6.36. The summed E-state index contributed by atoms with van der Waals surface area (Å²) < 4.78 is 33.8. The number of ether oxygens (including phenoxy) is 1. The van der Waals surface area contributed by atoms with Gasteiger partial charge in [0.2, 0.25) is 0 Å². The summed E-state index contributed by atoms with van der Waals surface area (Å²) in [5, 5.41) is 0.879. The van der Waals surface area contributed by atoms with Gasteiger partial charge < -0.3 is 9.64 Å². The van der Waals surface area contributed by atoms with E-state index < -0.39 is 10.0 Å². The summed E-state index contributed by atoms with van der Waals surface area (Å²) in [6.45, 7) is 12.2. The molecule has 0 atom stereocenters. The number of piperazine rings is 1. The second kappa shape index (κ2) is 11.1. The minimum absolute atomic E-state index is 0. The fourth-order valence-corrected chi connectivity index (χ4v) is 5.73. The first-order chi connectivity index (χ1) is 14.8. The van der Waals surface area contributed by atoms with Gasteiger partial charge in [-0.25, -0.2) is 12.4 Å². The maximum atomic E-state index is 13.6. The van der Waals surface area contributed by atoms with Gasteiger partial charge in [-0.05, 0) is 67.4 Å². The molecule has 0 radical (unpaired) electrons. The second-order valence-corrected chi connectivity index (χ2v) is 10.1. The molecule has 1 aliphatic heterocycles. The number of hydrogen-bond acceptors (Lipinski definition) is 5. The van der Waals surface area contributed by atoms with Gasteiger partial charge in [0.15, 0.2) is 0 Å². The van der Waals surface area contributed by atoms with E-state index in [1.807, 2.05) is 25.1 Å². The van der Waals surface area contributed by atoms with Gasteiger partial charge in [-0.1, -0.05) is 13.0 Å². The third-order valence-corrected chi connectivity index (χ3v) is 8.03. The molecule has 0 amide bonds. The number of nitrogens with zero attached hydrogens (tertiary/aromatic N) is 3. The lowest BCUT2D eigenvalue weighted by atomic mass is 10.1. The number of benzene rings is 2. The van der Waals surface area contributed by atoms with E-state index in [1.54, 1.807) is 31.5 Å². The fraction of sp³-hybridized carbons (Fsp3) is 0.417. The lowest BCUT2D eigenvalue weighted by Crippen LogP contribution is -2.45. The van der Waals surface area contributed by atoms with Gasteiger partial charge in [-0.15, -0.1) is 24.8 Å². The van der Waals surface area contributed by atoms with E-state index in [4.69, 9.17) is 4.74 Å². The molecule has 1 aromatic heterocycles. The quantitative estimate of drug-likeness (QED) is 0.486. The Bertz CT molecular complexity index is 1200.